The van der Waals surface area contributed by atoms with Crippen LogP contribution in [0.25, 0.3) is 5.57 Å². The summed E-state index contributed by atoms with van der Waals surface area (Å²) >= 11 is 12.4. The standard InChI is InChI=1S/C20H14ClN3O3S2/c1-23-19(27)17(29-20(23)28)16-11-6-2-5-9-14(11)24(18(16)26)10-15(25)22-13-8-4-3-7-12(13)21/h2-9H,10H2,1H3,(H,22,25). The van der Waals surface area contributed by atoms with Gasteiger partial charge in [-0.2, -0.15) is 0 Å². The Balaban J connectivity index is 1.67. The van der Waals surface area contributed by atoms with Gasteiger partial charge in [0.25, 0.3) is 11.8 Å². The molecule has 4 rings (SSSR count). The van der Waals surface area contributed by atoms with Crippen LogP contribution < -0.4 is 10.2 Å². The Bertz CT molecular complexity index is 1120. The lowest BCUT2D eigenvalue weighted by atomic mass is 10.1. The van der Waals surface area contributed by atoms with E-state index in [0.717, 1.165) is 11.8 Å². The van der Waals surface area contributed by atoms with E-state index in [-0.39, 0.29) is 22.9 Å². The van der Waals surface area contributed by atoms with Gasteiger partial charge in [0, 0.05) is 12.6 Å². The number of carbonyl (C=O) groups is 3. The van der Waals surface area contributed by atoms with Crippen LogP contribution in [0, 0.1) is 0 Å². The third-order valence-corrected chi connectivity index (χ3v) is 6.45. The molecule has 2 heterocycles. The van der Waals surface area contributed by atoms with Crippen molar-refractivity contribution in [2.45, 2.75) is 0 Å². The summed E-state index contributed by atoms with van der Waals surface area (Å²) in [5.74, 6) is -1.12. The molecule has 1 N–H and O–H groups in total. The molecule has 0 spiro atoms. The Morgan fingerprint density at radius 1 is 1.10 bits per heavy atom. The van der Waals surface area contributed by atoms with Gasteiger partial charge in [0.15, 0.2) is 0 Å². The lowest BCUT2D eigenvalue weighted by molar-refractivity contribution is -0.121. The van der Waals surface area contributed by atoms with Crippen LogP contribution in [0.4, 0.5) is 11.4 Å². The number of nitrogens with zero attached hydrogens (tertiary/aromatic N) is 2. The van der Waals surface area contributed by atoms with E-state index in [1.165, 1.54) is 9.80 Å². The second-order valence-corrected chi connectivity index (χ2v) is 8.42. The predicted molar refractivity (Wildman–Crippen MR) is 119 cm³/mol. The quantitative estimate of drug-likeness (QED) is 0.580. The first-order valence-electron chi connectivity index (χ1n) is 8.58. The number of rotatable bonds is 3. The van der Waals surface area contributed by atoms with Gasteiger partial charge in [-0.15, -0.1) is 0 Å². The summed E-state index contributed by atoms with van der Waals surface area (Å²) in [6.07, 6.45) is 0. The monoisotopic (exact) mass is 443 g/mol. The van der Waals surface area contributed by atoms with Crippen molar-refractivity contribution in [1.82, 2.24) is 4.90 Å². The Kier molecular flexibility index (Phi) is 5.16. The fourth-order valence-corrected chi connectivity index (χ4v) is 4.58. The summed E-state index contributed by atoms with van der Waals surface area (Å²) < 4.78 is 0.387. The zero-order valence-electron chi connectivity index (χ0n) is 15.1. The van der Waals surface area contributed by atoms with Gasteiger partial charge in [-0.1, -0.05) is 65.9 Å². The number of thioether (sulfide) groups is 1. The lowest BCUT2D eigenvalue weighted by Crippen LogP contribution is -2.35. The van der Waals surface area contributed by atoms with Gasteiger partial charge in [-0.3, -0.25) is 24.2 Å². The number of benzene rings is 2. The number of nitrogens with one attached hydrogen (secondary N) is 1. The van der Waals surface area contributed by atoms with E-state index in [2.05, 4.69) is 5.32 Å². The second kappa shape index (κ2) is 7.62. The fourth-order valence-electron chi connectivity index (χ4n) is 3.14. The van der Waals surface area contributed by atoms with Gasteiger partial charge in [-0.05, 0) is 18.2 Å². The second-order valence-electron chi connectivity index (χ2n) is 6.37. The van der Waals surface area contributed by atoms with Gasteiger partial charge >= 0.3 is 0 Å². The number of amides is 3. The van der Waals surface area contributed by atoms with E-state index < -0.39 is 11.8 Å². The fraction of sp³-hybridized carbons (Fsp3) is 0.100. The van der Waals surface area contributed by atoms with Crippen molar-refractivity contribution in [2.24, 2.45) is 0 Å². The Morgan fingerprint density at radius 2 is 1.79 bits per heavy atom. The van der Waals surface area contributed by atoms with Crippen molar-refractivity contribution < 1.29 is 14.4 Å². The predicted octanol–water partition coefficient (Wildman–Crippen LogP) is 3.53. The van der Waals surface area contributed by atoms with Crippen LogP contribution in [0.5, 0.6) is 0 Å². The summed E-state index contributed by atoms with van der Waals surface area (Å²) in [7, 11) is 1.57. The first kappa shape index (κ1) is 19.6. The molecule has 1 saturated heterocycles. The largest absolute Gasteiger partial charge is 0.323 e. The highest BCUT2D eigenvalue weighted by molar-refractivity contribution is 8.26. The number of halogens is 1. The van der Waals surface area contributed by atoms with Crippen LogP contribution in [0.15, 0.2) is 53.4 Å². The number of fused-ring (bicyclic) bond motifs is 1. The number of hydrogen-bond acceptors (Lipinski definition) is 5. The van der Waals surface area contributed by atoms with Crippen LogP contribution >= 0.6 is 35.6 Å². The number of anilines is 2. The molecule has 1 fully saturated rings. The van der Waals surface area contributed by atoms with Crippen LogP contribution in [0.3, 0.4) is 0 Å². The van der Waals surface area contributed by atoms with E-state index >= 15 is 0 Å². The van der Waals surface area contributed by atoms with Crippen LogP contribution in [-0.4, -0.2) is 40.5 Å². The first-order chi connectivity index (χ1) is 13.9. The third-order valence-electron chi connectivity index (χ3n) is 4.56. The Morgan fingerprint density at radius 3 is 2.48 bits per heavy atom. The van der Waals surface area contributed by atoms with Crippen molar-refractivity contribution in [3.8, 4) is 0 Å². The Labute approximate surface area is 181 Å². The molecule has 9 heteroatoms. The molecule has 0 aromatic heterocycles. The van der Waals surface area contributed by atoms with Crippen molar-refractivity contribution in [1.29, 1.82) is 0 Å². The number of para-hydroxylation sites is 2. The van der Waals surface area contributed by atoms with Crippen molar-refractivity contribution in [2.75, 3.05) is 23.8 Å². The van der Waals surface area contributed by atoms with Gasteiger partial charge in [0.05, 0.1) is 26.9 Å². The van der Waals surface area contributed by atoms with Crippen molar-refractivity contribution in [3.63, 3.8) is 0 Å². The number of thiocarbonyl (C=S) groups is 1. The molecular formula is C20H14ClN3O3S2. The zero-order valence-corrected chi connectivity index (χ0v) is 17.5. The minimum Gasteiger partial charge on any atom is -0.323 e. The summed E-state index contributed by atoms with van der Waals surface area (Å²) in [5, 5.41) is 3.12. The molecule has 2 aliphatic rings. The van der Waals surface area contributed by atoms with Crippen molar-refractivity contribution in [3.05, 3.63) is 64.0 Å². The van der Waals surface area contributed by atoms with Gasteiger partial charge < -0.3 is 5.32 Å². The normalized spacial score (nSPS) is 18.5. The molecule has 0 saturated carbocycles. The molecule has 6 nitrogen and oxygen atoms in total. The Hall–Kier alpha value is -2.68. The molecule has 29 heavy (non-hydrogen) atoms. The smallest absolute Gasteiger partial charge is 0.266 e. The highest BCUT2D eigenvalue weighted by Gasteiger charge is 2.41. The molecule has 146 valence electrons. The molecule has 3 amide bonds. The van der Waals surface area contributed by atoms with Crippen LogP contribution in [0.1, 0.15) is 5.56 Å². The van der Waals surface area contributed by atoms with E-state index in [4.69, 9.17) is 23.8 Å². The molecule has 0 bridgehead atoms. The SMILES string of the molecule is CN1C(=O)C(=C2C(=O)N(CC(=O)Nc3ccccc3Cl)c3ccccc32)SC1=S. The topological polar surface area (TPSA) is 69.7 Å². The average molecular weight is 444 g/mol. The summed E-state index contributed by atoms with van der Waals surface area (Å²) in [6, 6.07) is 13.9. The van der Waals surface area contributed by atoms with Crippen LogP contribution in [-0.2, 0) is 14.4 Å². The van der Waals surface area contributed by atoms with E-state index in [1.807, 2.05) is 0 Å². The molecular weight excluding hydrogens is 430 g/mol. The first-order valence-corrected chi connectivity index (χ1v) is 10.2. The zero-order chi connectivity index (χ0) is 20.7. The molecule has 2 aromatic carbocycles. The summed E-state index contributed by atoms with van der Waals surface area (Å²) in [4.78, 5) is 41.3. The maximum absolute atomic E-state index is 13.2. The van der Waals surface area contributed by atoms with E-state index in [1.54, 1.807) is 55.6 Å². The minimum atomic E-state index is -0.408. The number of likely N-dealkylation sites (N-methyl/N-ethyl adjacent to an activating group) is 1. The van der Waals surface area contributed by atoms with Gasteiger partial charge in [-0.25, -0.2) is 0 Å². The molecule has 0 unspecified atom stereocenters. The maximum atomic E-state index is 13.2. The molecule has 0 aliphatic carbocycles. The highest BCUT2D eigenvalue weighted by atomic mass is 35.5. The van der Waals surface area contributed by atoms with Crippen molar-refractivity contribution >= 4 is 74.6 Å². The number of hydrogen-bond donors (Lipinski definition) is 1. The highest BCUT2D eigenvalue weighted by Crippen LogP contribution is 2.44. The summed E-state index contributed by atoms with van der Waals surface area (Å²) in [6.45, 7) is -0.211. The molecule has 2 aliphatic heterocycles. The number of carbonyl (C=O) groups excluding carboxylic acids is 3. The lowest BCUT2D eigenvalue weighted by Gasteiger charge is -2.17. The average Bonchev–Trinajstić information content (AvgIpc) is 3.11. The molecule has 0 atom stereocenters. The van der Waals surface area contributed by atoms with Gasteiger partial charge in [0.2, 0.25) is 5.91 Å². The van der Waals surface area contributed by atoms with Gasteiger partial charge in [0.1, 0.15) is 10.9 Å². The third kappa shape index (κ3) is 3.43. The summed E-state index contributed by atoms with van der Waals surface area (Å²) in [5.41, 5.74) is 1.92. The minimum absolute atomic E-state index is 0.211. The van der Waals surface area contributed by atoms with E-state index in [9.17, 15) is 14.4 Å². The van der Waals surface area contributed by atoms with Crippen LogP contribution in [0.2, 0.25) is 5.02 Å². The van der Waals surface area contributed by atoms with E-state index in [0.29, 0.717) is 26.3 Å². The maximum Gasteiger partial charge on any atom is 0.266 e. The molecule has 2 aromatic rings. The molecule has 0 radical (unpaired) electrons.